The summed E-state index contributed by atoms with van der Waals surface area (Å²) < 4.78 is 29.8. The standard InChI is InChI=1S/C15H20O3S/c1-3-13-6-4-5-7-15(13)18-19(16,17)14-10-8-12(2)9-11-14/h3,8-11,13,15H,1,4-7H2,2H3. The monoisotopic (exact) mass is 280 g/mol. The largest absolute Gasteiger partial charge is 0.297 e. The van der Waals surface area contributed by atoms with Crippen LogP contribution in [0.1, 0.15) is 31.2 Å². The molecule has 1 aromatic rings. The van der Waals surface area contributed by atoms with E-state index in [0.29, 0.717) is 0 Å². The van der Waals surface area contributed by atoms with E-state index >= 15 is 0 Å². The van der Waals surface area contributed by atoms with E-state index in [1.807, 2.05) is 13.0 Å². The van der Waals surface area contributed by atoms with Crippen LogP contribution in [0.2, 0.25) is 0 Å². The Morgan fingerprint density at radius 3 is 2.47 bits per heavy atom. The Bertz CT molecular complexity index is 531. The molecule has 3 nitrogen and oxygen atoms in total. The van der Waals surface area contributed by atoms with Crippen molar-refractivity contribution >= 4 is 10.1 Å². The van der Waals surface area contributed by atoms with Gasteiger partial charge in [-0.15, -0.1) is 6.58 Å². The summed E-state index contributed by atoms with van der Waals surface area (Å²) in [7, 11) is -3.67. The van der Waals surface area contributed by atoms with Gasteiger partial charge in [-0.1, -0.05) is 36.6 Å². The molecule has 2 rings (SSSR count). The molecule has 0 amide bonds. The molecule has 0 aromatic heterocycles. The van der Waals surface area contributed by atoms with Crippen LogP contribution in [0.15, 0.2) is 41.8 Å². The van der Waals surface area contributed by atoms with Crippen LogP contribution in [0.5, 0.6) is 0 Å². The Morgan fingerprint density at radius 2 is 1.84 bits per heavy atom. The zero-order chi connectivity index (χ0) is 13.9. The molecule has 0 spiro atoms. The molecule has 1 aliphatic rings. The molecular formula is C15H20O3S. The summed E-state index contributed by atoms with van der Waals surface area (Å²) >= 11 is 0. The predicted molar refractivity (Wildman–Crippen MR) is 75.4 cm³/mol. The van der Waals surface area contributed by atoms with Gasteiger partial charge in [-0.3, -0.25) is 4.18 Å². The third kappa shape index (κ3) is 3.45. The molecule has 0 aliphatic heterocycles. The Kier molecular flexibility index (Phi) is 4.42. The lowest BCUT2D eigenvalue weighted by Crippen LogP contribution is -2.28. The number of benzene rings is 1. The zero-order valence-electron chi connectivity index (χ0n) is 11.2. The van der Waals surface area contributed by atoms with Gasteiger partial charge in [0.2, 0.25) is 0 Å². The molecule has 1 aromatic carbocycles. The van der Waals surface area contributed by atoms with Crippen molar-refractivity contribution in [3.05, 3.63) is 42.5 Å². The molecule has 1 aliphatic carbocycles. The van der Waals surface area contributed by atoms with Gasteiger partial charge in [0.05, 0.1) is 11.0 Å². The van der Waals surface area contributed by atoms with E-state index in [9.17, 15) is 8.42 Å². The van der Waals surface area contributed by atoms with Crippen molar-refractivity contribution < 1.29 is 12.6 Å². The van der Waals surface area contributed by atoms with Crippen molar-refractivity contribution in [2.45, 2.75) is 43.6 Å². The summed E-state index contributed by atoms with van der Waals surface area (Å²) in [6, 6.07) is 6.75. The molecule has 4 heteroatoms. The second-order valence-corrected chi connectivity index (χ2v) is 6.66. The number of hydrogen-bond acceptors (Lipinski definition) is 3. The fourth-order valence-corrected chi connectivity index (χ4v) is 3.58. The first-order valence-corrected chi connectivity index (χ1v) is 8.06. The summed E-state index contributed by atoms with van der Waals surface area (Å²) in [5.74, 6) is 0.133. The van der Waals surface area contributed by atoms with Gasteiger partial charge in [-0.25, -0.2) is 0 Å². The summed E-state index contributed by atoms with van der Waals surface area (Å²) in [5.41, 5.74) is 1.03. The van der Waals surface area contributed by atoms with Crippen LogP contribution in [-0.4, -0.2) is 14.5 Å². The number of aryl methyl sites for hydroxylation is 1. The maximum Gasteiger partial charge on any atom is 0.297 e. The lowest BCUT2D eigenvalue weighted by atomic mass is 9.87. The van der Waals surface area contributed by atoms with E-state index in [-0.39, 0.29) is 16.9 Å². The van der Waals surface area contributed by atoms with Gasteiger partial charge in [-0.05, 0) is 31.9 Å². The van der Waals surface area contributed by atoms with Gasteiger partial charge in [0.1, 0.15) is 0 Å². The molecule has 104 valence electrons. The average molecular weight is 280 g/mol. The fraction of sp³-hybridized carbons (Fsp3) is 0.467. The highest BCUT2D eigenvalue weighted by molar-refractivity contribution is 7.86. The van der Waals surface area contributed by atoms with E-state index in [1.54, 1.807) is 24.3 Å². The minimum atomic E-state index is -3.67. The molecule has 2 atom stereocenters. The van der Waals surface area contributed by atoms with E-state index in [4.69, 9.17) is 4.18 Å². The normalized spacial score (nSPS) is 24.1. The van der Waals surface area contributed by atoms with Gasteiger partial charge in [0, 0.05) is 5.92 Å². The van der Waals surface area contributed by atoms with Gasteiger partial charge in [0.25, 0.3) is 10.1 Å². The average Bonchev–Trinajstić information content (AvgIpc) is 2.39. The van der Waals surface area contributed by atoms with Gasteiger partial charge >= 0.3 is 0 Å². The first-order valence-electron chi connectivity index (χ1n) is 6.65. The second-order valence-electron chi connectivity index (χ2n) is 5.09. The SMILES string of the molecule is C=CC1CCCCC1OS(=O)(=O)c1ccc(C)cc1. The molecule has 19 heavy (non-hydrogen) atoms. The van der Waals surface area contributed by atoms with Crippen molar-refractivity contribution in [3.8, 4) is 0 Å². The Balaban J connectivity index is 2.16. The quantitative estimate of drug-likeness (QED) is 0.627. The van der Waals surface area contributed by atoms with Crippen molar-refractivity contribution in [2.75, 3.05) is 0 Å². The van der Waals surface area contributed by atoms with Crippen molar-refractivity contribution in [1.29, 1.82) is 0 Å². The molecule has 1 saturated carbocycles. The highest BCUT2D eigenvalue weighted by Gasteiger charge is 2.29. The minimum absolute atomic E-state index is 0.133. The molecule has 0 heterocycles. The van der Waals surface area contributed by atoms with Crippen molar-refractivity contribution in [3.63, 3.8) is 0 Å². The van der Waals surface area contributed by atoms with Crippen LogP contribution < -0.4 is 0 Å². The number of rotatable bonds is 4. The fourth-order valence-electron chi connectivity index (χ4n) is 2.44. The Labute approximate surface area is 115 Å². The Hall–Kier alpha value is -1.13. The van der Waals surface area contributed by atoms with E-state index in [1.165, 1.54) is 0 Å². The topological polar surface area (TPSA) is 43.4 Å². The smallest absolute Gasteiger partial charge is 0.262 e. The number of hydrogen-bond donors (Lipinski definition) is 0. The van der Waals surface area contributed by atoms with Crippen LogP contribution in [0.3, 0.4) is 0 Å². The summed E-state index contributed by atoms with van der Waals surface area (Å²) in [4.78, 5) is 0.228. The van der Waals surface area contributed by atoms with Gasteiger partial charge < -0.3 is 0 Å². The molecule has 0 N–H and O–H groups in total. The molecule has 1 fully saturated rings. The van der Waals surface area contributed by atoms with Gasteiger partial charge in [0.15, 0.2) is 0 Å². The lowest BCUT2D eigenvalue weighted by molar-refractivity contribution is 0.123. The lowest BCUT2D eigenvalue weighted by Gasteiger charge is -2.28. The van der Waals surface area contributed by atoms with Crippen LogP contribution in [0, 0.1) is 12.8 Å². The minimum Gasteiger partial charge on any atom is -0.262 e. The molecule has 0 saturated heterocycles. The summed E-state index contributed by atoms with van der Waals surface area (Å²) in [6.07, 6.45) is 5.41. The predicted octanol–water partition coefficient (Wildman–Crippen LogP) is 3.45. The van der Waals surface area contributed by atoms with E-state index in [2.05, 4.69) is 6.58 Å². The first-order chi connectivity index (χ1) is 9.03. The van der Waals surface area contributed by atoms with Crippen LogP contribution in [0.4, 0.5) is 0 Å². The van der Waals surface area contributed by atoms with Crippen LogP contribution >= 0.6 is 0 Å². The summed E-state index contributed by atoms with van der Waals surface area (Å²) in [5, 5.41) is 0. The van der Waals surface area contributed by atoms with E-state index in [0.717, 1.165) is 31.2 Å². The van der Waals surface area contributed by atoms with Crippen molar-refractivity contribution in [1.82, 2.24) is 0 Å². The van der Waals surface area contributed by atoms with Crippen molar-refractivity contribution in [2.24, 2.45) is 5.92 Å². The third-order valence-corrected chi connectivity index (χ3v) is 4.97. The van der Waals surface area contributed by atoms with Gasteiger partial charge in [-0.2, -0.15) is 8.42 Å². The maximum absolute atomic E-state index is 12.2. The second kappa shape index (κ2) is 5.88. The van der Waals surface area contributed by atoms with Crippen LogP contribution in [0.25, 0.3) is 0 Å². The molecular weight excluding hydrogens is 260 g/mol. The summed E-state index contributed by atoms with van der Waals surface area (Å²) in [6.45, 7) is 5.70. The highest BCUT2D eigenvalue weighted by Crippen LogP contribution is 2.30. The Morgan fingerprint density at radius 1 is 1.21 bits per heavy atom. The molecule has 2 unspecified atom stereocenters. The first kappa shape index (κ1) is 14.3. The van der Waals surface area contributed by atoms with E-state index < -0.39 is 10.1 Å². The molecule has 0 bridgehead atoms. The third-order valence-electron chi connectivity index (χ3n) is 3.62. The maximum atomic E-state index is 12.2. The highest BCUT2D eigenvalue weighted by atomic mass is 32.2. The zero-order valence-corrected chi connectivity index (χ0v) is 12.0. The molecule has 0 radical (unpaired) electrons. The van der Waals surface area contributed by atoms with Crippen LogP contribution in [-0.2, 0) is 14.3 Å².